The van der Waals surface area contributed by atoms with E-state index in [1.807, 2.05) is 24.5 Å². The SMILES string of the molecule is CSCC(=O)N[C@H]1CC[C@H](Oc2ccc3c(c2)CCC(c2ccccc2)O3)CC1. The third kappa shape index (κ3) is 5.27. The molecule has 1 unspecified atom stereocenters. The van der Waals surface area contributed by atoms with Crippen molar-refractivity contribution in [2.45, 2.75) is 56.8 Å². The number of fused-ring (bicyclic) bond motifs is 1. The van der Waals surface area contributed by atoms with E-state index in [4.69, 9.17) is 9.47 Å². The van der Waals surface area contributed by atoms with Gasteiger partial charge in [0.05, 0.1) is 11.9 Å². The molecule has 154 valence electrons. The van der Waals surface area contributed by atoms with E-state index in [-0.39, 0.29) is 18.1 Å². The van der Waals surface area contributed by atoms with E-state index in [0.717, 1.165) is 50.0 Å². The number of ether oxygens (including phenoxy) is 2. The topological polar surface area (TPSA) is 47.6 Å². The number of carbonyl (C=O) groups is 1. The molecule has 5 heteroatoms. The minimum atomic E-state index is 0.132. The number of aryl methyl sites for hydroxylation is 1. The van der Waals surface area contributed by atoms with Crippen LogP contribution in [0.15, 0.2) is 48.5 Å². The lowest BCUT2D eigenvalue weighted by molar-refractivity contribution is -0.119. The van der Waals surface area contributed by atoms with Crippen LogP contribution < -0.4 is 14.8 Å². The standard InChI is InChI=1S/C24H29NO3S/c1-29-16-24(26)25-19-8-10-20(11-9-19)27-21-12-14-23-18(15-21)7-13-22(28-23)17-5-3-2-4-6-17/h2-6,12,14-15,19-20,22H,7-11,13,16H2,1H3,(H,25,26)/t19-,20-,22?. The summed E-state index contributed by atoms with van der Waals surface area (Å²) in [6.07, 6.45) is 8.23. The Morgan fingerprint density at radius 2 is 1.90 bits per heavy atom. The second kappa shape index (κ2) is 9.57. The van der Waals surface area contributed by atoms with Gasteiger partial charge < -0.3 is 14.8 Å². The Balaban J connectivity index is 1.30. The molecule has 1 fully saturated rings. The average Bonchev–Trinajstić information content (AvgIpc) is 2.75. The van der Waals surface area contributed by atoms with Crippen LogP contribution in [0.2, 0.25) is 0 Å². The van der Waals surface area contributed by atoms with Gasteiger partial charge in [0, 0.05) is 6.04 Å². The van der Waals surface area contributed by atoms with Crippen LogP contribution in [-0.2, 0) is 11.2 Å². The quantitative estimate of drug-likeness (QED) is 0.733. The third-order valence-electron chi connectivity index (χ3n) is 5.77. The molecule has 4 nitrogen and oxygen atoms in total. The lowest BCUT2D eigenvalue weighted by Crippen LogP contribution is -2.40. The lowest BCUT2D eigenvalue weighted by Gasteiger charge is -2.30. The molecule has 0 spiro atoms. The van der Waals surface area contributed by atoms with Gasteiger partial charge in [-0.25, -0.2) is 0 Å². The maximum absolute atomic E-state index is 11.8. The predicted molar refractivity (Wildman–Crippen MR) is 118 cm³/mol. The predicted octanol–water partition coefficient (Wildman–Crippen LogP) is 4.92. The van der Waals surface area contributed by atoms with Crippen LogP contribution in [0.3, 0.4) is 0 Å². The van der Waals surface area contributed by atoms with Crippen molar-refractivity contribution in [2.75, 3.05) is 12.0 Å². The highest BCUT2D eigenvalue weighted by Gasteiger charge is 2.25. The van der Waals surface area contributed by atoms with Gasteiger partial charge in [0.25, 0.3) is 0 Å². The number of carbonyl (C=O) groups excluding carboxylic acids is 1. The second-order valence-corrected chi connectivity index (χ2v) is 8.78. The molecule has 0 saturated heterocycles. The fourth-order valence-corrected chi connectivity index (χ4v) is 4.60. The van der Waals surface area contributed by atoms with Crippen LogP contribution in [-0.4, -0.2) is 30.1 Å². The fraction of sp³-hybridized carbons (Fsp3) is 0.458. The number of amides is 1. The Bertz CT molecular complexity index is 818. The van der Waals surface area contributed by atoms with Gasteiger partial charge in [-0.15, -0.1) is 0 Å². The smallest absolute Gasteiger partial charge is 0.230 e. The van der Waals surface area contributed by atoms with E-state index >= 15 is 0 Å². The summed E-state index contributed by atoms with van der Waals surface area (Å²) in [5, 5.41) is 3.13. The van der Waals surface area contributed by atoms with E-state index in [0.29, 0.717) is 11.8 Å². The minimum absolute atomic E-state index is 0.132. The van der Waals surface area contributed by atoms with E-state index in [1.54, 1.807) is 11.8 Å². The minimum Gasteiger partial charge on any atom is -0.490 e. The molecule has 0 bridgehead atoms. The molecule has 4 rings (SSSR count). The van der Waals surface area contributed by atoms with Crippen molar-refractivity contribution in [2.24, 2.45) is 0 Å². The first-order valence-electron chi connectivity index (χ1n) is 10.5. The highest BCUT2D eigenvalue weighted by molar-refractivity contribution is 7.99. The monoisotopic (exact) mass is 411 g/mol. The van der Waals surface area contributed by atoms with E-state index in [2.05, 4.69) is 35.6 Å². The molecule has 1 atom stereocenters. The first-order valence-corrected chi connectivity index (χ1v) is 11.9. The van der Waals surface area contributed by atoms with Crippen molar-refractivity contribution >= 4 is 17.7 Å². The van der Waals surface area contributed by atoms with Crippen LogP contribution >= 0.6 is 11.8 Å². The Morgan fingerprint density at radius 1 is 1.10 bits per heavy atom. The summed E-state index contributed by atoms with van der Waals surface area (Å²) in [7, 11) is 0. The van der Waals surface area contributed by atoms with Crippen molar-refractivity contribution in [1.29, 1.82) is 0 Å². The molecular formula is C24H29NO3S. The zero-order chi connectivity index (χ0) is 20.1. The summed E-state index contributed by atoms with van der Waals surface area (Å²) in [4.78, 5) is 11.8. The molecule has 0 aromatic heterocycles. The van der Waals surface area contributed by atoms with E-state index in [9.17, 15) is 4.79 Å². The van der Waals surface area contributed by atoms with Gasteiger partial charge in [0.2, 0.25) is 5.91 Å². The van der Waals surface area contributed by atoms with Crippen molar-refractivity contribution in [1.82, 2.24) is 5.32 Å². The zero-order valence-electron chi connectivity index (χ0n) is 16.9. The summed E-state index contributed by atoms with van der Waals surface area (Å²) < 4.78 is 12.5. The molecule has 2 aromatic carbocycles. The van der Waals surface area contributed by atoms with Crippen LogP contribution in [0.4, 0.5) is 0 Å². The van der Waals surface area contributed by atoms with Gasteiger partial charge >= 0.3 is 0 Å². The molecule has 1 amide bonds. The first kappa shape index (κ1) is 20.1. The Morgan fingerprint density at radius 3 is 2.66 bits per heavy atom. The number of rotatable bonds is 6. The van der Waals surface area contributed by atoms with Crippen molar-refractivity contribution < 1.29 is 14.3 Å². The van der Waals surface area contributed by atoms with Gasteiger partial charge in [-0.05, 0) is 74.1 Å². The summed E-state index contributed by atoms with van der Waals surface area (Å²) in [6, 6.07) is 16.9. The maximum Gasteiger partial charge on any atom is 0.230 e. The molecule has 29 heavy (non-hydrogen) atoms. The Kier molecular flexibility index (Phi) is 6.65. The highest BCUT2D eigenvalue weighted by atomic mass is 32.2. The summed E-state index contributed by atoms with van der Waals surface area (Å²) >= 11 is 1.56. The highest BCUT2D eigenvalue weighted by Crippen LogP contribution is 2.37. The molecule has 2 aliphatic rings. The average molecular weight is 412 g/mol. The summed E-state index contributed by atoms with van der Waals surface area (Å²) in [5.41, 5.74) is 2.47. The van der Waals surface area contributed by atoms with Crippen molar-refractivity contribution in [3.63, 3.8) is 0 Å². The van der Waals surface area contributed by atoms with E-state index in [1.165, 1.54) is 11.1 Å². The Hall–Kier alpha value is -2.14. The van der Waals surface area contributed by atoms with Crippen LogP contribution in [0, 0.1) is 0 Å². The normalized spacial score (nSPS) is 23.6. The van der Waals surface area contributed by atoms with Gasteiger partial charge in [-0.3, -0.25) is 4.79 Å². The fourth-order valence-electron chi connectivity index (χ4n) is 4.26. The number of hydrogen-bond donors (Lipinski definition) is 1. The molecule has 1 aliphatic heterocycles. The molecule has 1 N–H and O–H groups in total. The number of hydrogen-bond acceptors (Lipinski definition) is 4. The number of thioether (sulfide) groups is 1. The molecule has 1 aliphatic carbocycles. The Labute approximate surface area is 177 Å². The van der Waals surface area contributed by atoms with Gasteiger partial charge in [0.1, 0.15) is 17.6 Å². The summed E-state index contributed by atoms with van der Waals surface area (Å²) in [5.74, 6) is 2.59. The number of nitrogens with one attached hydrogen (secondary N) is 1. The maximum atomic E-state index is 11.8. The summed E-state index contributed by atoms with van der Waals surface area (Å²) in [6.45, 7) is 0. The molecular weight excluding hydrogens is 382 g/mol. The van der Waals surface area contributed by atoms with Crippen molar-refractivity contribution in [3.05, 3.63) is 59.7 Å². The zero-order valence-corrected chi connectivity index (χ0v) is 17.8. The van der Waals surface area contributed by atoms with Crippen molar-refractivity contribution in [3.8, 4) is 11.5 Å². The lowest BCUT2D eigenvalue weighted by atomic mass is 9.93. The molecule has 1 heterocycles. The van der Waals surface area contributed by atoms with Gasteiger partial charge in [0.15, 0.2) is 0 Å². The number of benzene rings is 2. The van der Waals surface area contributed by atoms with Gasteiger partial charge in [-0.2, -0.15) is 11.8 Å². The van der Waals surface area contributed by atoms with Crippen LogP contribution in [0.1, 0.15) is 49.3 Å². The molecule has 1 saturated carbocycles. The largest absolute Gasteiger partial charge is 0.490 e. The van der Waals surface area contributed by atoms with E-state index < -0.39 is 0 Å². The van der Waals surface area contributed by atoms with Gasteiger partial charge in [-0.1, -0.05) is 30.3 Å². The molecule has 0 radical (unpaired) electrons. The van der Waals surface area contributed by atoms with Crippen LogP contribution in [0.5, 0.6) is 11.5 Å². The molecule has 2 aromatic rings. The first-order chi connectivity index (χ1) is 14.2. The van der Waals surface area contributed by atoms with Crippen LogP contribution in [0.25, 0.3) is 0 Å². The third-order valence-corrected chi connectivity index (χ3v) is 6.32. The second-order valence-electron chi connectivity index (χ2n) is 7.92.